The van der Waals surface area contributed by atoms with Gasteiger partial charge in [-0.25, -0.2) is 9.97 Å². The molecule has 28 heavy (non-hydrogen) atoms. The molecule has 0 spiro atoms. The molecule has 0 saturated heterocycles. The van der Waals surface area contributed by atoms with Crippen LogP contribution in [0.3, 0.4) is 0 Å². The Hall–Kier alpha value is -3.22. The van der Waals surface area contributed by atoms with Gasteiger partial charge in [0.05, 0.1) is 18.1 Å². The number of nitrogens with one attached hydrogen (secondary N) is 1. The van der Waals surface area contributed by atoms with Crippen LogP contribution < -0.4 is 5.32 Å². The SMILES string of the molecule is CC(=O)c1cn(CC(=O)OC(C)(C)C)c2ccc(Nc3cnc(C)nc3)cc12. The van der Waals surface area contributed by atoms with E-state index in [4.69, 9.17) is 4.74 Å². The molecule has 0 aliphatic rings. The van der Waals surface area contributed by atoms with Gasteiger partial charge in [-0.2, -0.15) is 0 Å². The van der Waals surface area contributed by atoms with Crippen molar-refractivity contribution in [2.75, 3.05) is 5.32 Å². The van der Waals surface area contributed by atoms with Crippen molar-refractivity contribution in [1.82, 2.24) is 14.5 Å². The highest BCUT2D eigenvalue weighted by Gasteiger charge is 2.19. The molecule has 146 valence electrons. The summed E-state index contributed by atoms with van der Waals surface area (Å²) in [5, 5.41) is 4.01. The van der Waals surface area contributed by atoms with Crippen molar-refractivity contribution in [2.24, 2.45) is 0 Å². The van der Waals surface area contributed by atoms with Gasteiger partial charge in [-0.05, 0) is 52.8 Å². The summed E-state index contributed by atoms with van der Waals surface area (Å²) in [6.45, 7) is 8.85. The Bertz CT molecular complexity index is 1030. The molecular formula is C21H24N4O3. The zero-order valence-corrected chi connectivity index (χ0v) is 16.7. The van der Waals surface area contributed by atoms with Crippen LogP contribution in [0.15, 0.2) is 36.8 Å². The molecule has 3 rings (SSSR count). The van der Waals surface area contributed by atoms with Gasteiger partial charge in [-0.1, -0.05) is 0 Å². The van der Waals surface area contributed by atoms with Crippen LogP contribution in [0.5, 0.6) is 0 Å². The molecule has 0 saturated carbocycles. The highest BCUT2D eigenvalue weighted by Crippen LogP contribution is 2.27. The average Bonchev–Trinajstić information content (AvgIpc) is 2.93. The quantitative estimate of drug-likeness (QED) is 0.531. The number of Topliss-reactive ketones (excluding diaryl/α,β-unsaturated/α-hetero) is 1. The van der Waals surface area contributed by atoms with E-state index in [1.807, 2.05) is 45.9 Å². The lowest BCUT2D eigenvalue weighted by molar-refractivity contribution is -0.155. The molecule has 2 aromatic heterocycles. The summed E-state index contributed by atoms with van der Waals surface area (Å²) in [6.07, 6.45) is 5.11. The monoisotopic (exact) mass is 380 g/mol. The van der Waals surface area contributed by atoms with Crippen LogP contribution in [-0.4, -0.2) is 31.9 Å². The van der Waals surface area contributed by atoms with Crippen LogP contribution in [0, 0.1) is 6.92 Å². The minimum absolute atomic E-state index is 0.0413. The molecule has 0 fully saturated rings. The van der Waals surface area contributed by atoms with Crippen molar-refractivity contribution in [3.8, 4) is 0 Å². The van der Waals surface area contributed by atoms with E-state index >= 15 is 0 Å². The number of ketones is 1. The fourth-order valence-electron chi connectivity index (χ4n) is 2.92. The van der Waals surface area contributed by atoms with Gasteiger partial charge in [0.15, 0.2) is 5.78 Å². The largest absolute Gasteiger partial charge is 0.459 e. The number of carbonyl (C=O) groups is 2. The Kier molecular flexibility index (Phi) is 5.18. The van der Waals surface area contributed by atoms with Gasteiger partial charge in [0.1, 0.15) is 18.0 Å². The van der Waals surface area contributed by atoms with E-state index in [-0.39, 0.29) is 18.3 Å². The predicted octanol–water partition coefficient (Wildman–Crippen LogP) is 4.03. The Morgan fingerprint density at radius 1 is 1.14 bits per heavy atom. The van der Waals surface area contributed by atoms with E-state index < -0.39 is 5.60 Å². The molecule has 0 bridgehead atoms. The first-order chi connectivity index (χ1) is 13.1. The first-order valence-electron chi connectivity index (χ1n) is 9.04. The number of aromatic nitrogens is 3. The molecule has 0 aliphatic carbocycles. The van der Waals surface area contributed by atoms with Gasteiger partial charge in [-0.3, -0.25) is 9.59 Å². The number of rotatable bonds is 5. The molecular weight excluding hydrogens is 356 g/mol. The fraction of sp³-hybridized carbons (Fsp3) is 0.333. The number of aryl methyl sites for hydroxylation is 1. The molecule has 3 aromatic rings. The van der Waals surface area contributed by atoms with Crippen LogP contribution in [0.25, 0.3) is 10.9 Å². The van der Waals surface area contributed by atoms with Crippen molar-refractivity contribution in [3.63, 3.8) is 0 Å². The molecule has 2 heterocycles. The summed E-state index contributed by atoms with van der Waals surface area (Å²) in [6, 6.07) is 5.65. The van der Waals surface area contributed by atoms with E-state index in [1.54, 1.807) is 23.2 Å². The lowest BCUT2D eigenvalue weighted by atomic mass is 10.1. The first kappa shape index (κ1) is 19.5. The Morgan fingerprint density at radius 3 is 2.43 bits per heavy atom. The maximum atomic E-state index is 12.2. The third kappa shape index (κ3) is 4.54. The third-order valence-corrected chi connectivity index (χ3v) is 4.05. The highest BCUT2D eigenvalue weighted by molar-refractivity contribution is 6.08. The number of anilines is 2. The second-order valence-electron chi connectivity index (χ2n) is 7.69. The second-order valence-corrected chi connectivity index (χ2v) is 7.69. The van der Waals surface area contributed by atoms with Crippen LogP contribution in [0.4, 0.5) is 11.4 Å². The van der Waals surface area contributed by atoms with Gasteiger partial charge in [0, 0.05) is 28.4 Å². The third-order valence-electron chi connectivity index (χ3n) is 4.05. The van der Waals surface area contributed by atoms with Gasteiger partial charge < -0.3 is 14.6 Å². The zero-order chi connectivity index (χ0) is 20.5. The van der Waals surface area contributed by atoms with E-state index in [9.17, 15) is 9.59 Å². The number of nitrogens with zero attached hydrogens (tertiary/aromatic N) is 3. The molecule has 1 N–H and O–H groups in total. The topological polar surface area (TPSA) is 86.1 Å². The van der Waals surface area contributed by atoms with Gasteiger partial charge in [-0.15, -0.1) is 0 Å². The van der Waals surface area contributed by atoms with Crippen LogP contribution in [0.2, 0.25) is 0 Å². The molecule has 0 unspecified atom stereocenters. The normalized spacial score (nSPS) is 11.5. The Labute approximate surface area is 163 Å². The summed E-state index contributed by atoms with van der Waals surface area (Å²) >= 11 is 0. The maximum absolute atomic E-state index is 12.2. The first-order valence-corrected chi connectivity index (χ1v) is 9.04. The maximum Gasteiger partial charge on any atom is 0.326 e. The summed E-state index contributed by atoms with van der Waals surface area (Å²) < 4.78 is 7.15. The Balaban J connectivity index is 1.93. The van der Waals surface area contributed by atoms with Crippen molar-refractivity contribution in [2.45, 2.75) is 46.8 Å². The van der Waals surface area contributed by atoms with Gasteiger partial charge >= 0.3 is 5.97 Å². The van der Waals surface area contributed by atoms with Crippen LogP contribution >= 0.6 is 0 Å². The number of benzene rings is 1. The smallest absolute Gasteiger partial charge is 0.326 e. The fourth-order valence-corrected chi connectivity index (χ4v) is 2.92. The average molecular weight is 380 g/mol. The minimum atomic E-state index is -0.559. The number of hydrogen-bond donors (Lipinski definition) is 1. The number of fused-ring (bicyclic) bond motifs is 1. The van der Waals surface area contributed by atoms with Crippen molar-refractivity contribution in [1.29, 1.82) is 0 Å². The zero-order valence-electron chi connectivity index (χ0n) is 16.7. The van der Waals surface area contributed by atoms with Crippen molar-refractivity contribution in [3.05, 3.63) is 48.2 Å². The van der Waals surface area contributed by atoms with E-state index in [0.717, 1.165) is 22.3 Å². The predicted molar refractivity (Wildman–Crippen MR) is 108 cm³/mol. The number of ether oxygens (including phenoxy) is 1. The summed E-state index contributed by atoms with van der Waals surface area (Å²) in [4.78, 5) is 32.7. The molecule has 1 aromatic carbocycles. The summed E-state index contributed by atoms with van der Waals surface area (Å²) in [7, 11) is 0. The number of esters is 1. The molecule has 0 amide bonds. The Morgan fingerprint density at radius 2 is 1.82 bits per heavy atom. The van der Waals surface area contributed by atoms with Crippen molar-refractivity contribution >= 4 is 34.0 Å². The summed E-state index contributed by atoms with van der Waals surface area (Å²) in [5.41, 5.74) is 2.35. The van der Waals surface area contributed by atoms with Gasteiger partial charge in [0.2, 0.25) is 0 Å². The second kappa shape index (κ2) is 7.42. The highest BCUT2D eigenvalue weighted by atomic mass is 16.6. The molecule has 7 nitrogen and oxygen atoms in total. The standard InChI is InChI=1S/C21H24N4O3/c1-13(26)18-11-25(12-20(27)28-21(3,4)5)19-7-6-15(8-17(18)19)24-16-9-22-14(2)23-10-16/h6-11,24H,12H2,1-5H3. The molecule has 0 atom stereocenters. The van der Waals surface area contributed by atoms with E-state index in [2.05, 4.69) is 15.3 Å². The lowest BCUT2D eigenvalue weighted by Crippen LogP contribution is -2.26. The van der Waals surface area contributed by atoms with E-state index in [0.29, 0.717) is 11.4 Å². The molecule has 0 radical (unpaired) electrons. The lowest BCUT2D eigenvalue weighted by Gasteiger charge is -2.19. The molecule has 7 heteroatoms. The number of carbonyl (C=O) groups excluding carboxylic acids is 2. The number of hydrogen-bond acceptors (Lipinski definition) is 6. The van der Waals surface area contributed by atoms with Crippen LogP contribution in [-0.2, 0) is 16.1 Å². The molecule has 0 aliphatic heterocycles. The van der Waals surface area contributed by atoms with E-state index in [1.165, 1.54) is 6.92 Å². The van der Waals surface area contributed by atoms with Gasteiger partial charge in [0.25, 0.3) is 0 Å². The summed E-state index contributed by atoms with van der Waals surface area (Å²) in [5.74, 6) is 0.279. The minimum Gasteiger partial charge on any atom is -0.459 e. The van der Waals surface area contributed by atoms with Crippen molar-refractivity contribution < 1.29 is 14.3 Å². The van der Waals surface area contributed by atoms with Crippen LogP contribution in [0.1, 0.15) is 43.9 Å².